The van der Waals surface area contributed by atoms with Crippen LogP contribution < -0.4 is 87.6 Å². The number of amides is 2. The first-order valence-electron chi connectivity index (χ1n) is 19.5. The number of anilines is 1. The molecule has 3 rings (SSSR count). The van der Waals surface area contributed by atoms with E-state index in [1.807, 2.05) is 0 Å². The number of carbonyl (C=O) groups is 3. The predicted octanol–water partition coefficient (Wildman–Crippen LogP) is -8.30. The van der Waals surface area contributed by atoms with Crippen LogP contribution in [0.15, 0.2) is 12.7 Å². The molecule has 1 saturated heterocycles. The van der Waals surface area contributed by atoms with Crippen LogP contribution in [-0.2, 0) is 50.7 Å². The van der Waals surface area contributed by atoms with Crippen LogP contribution in [0.1, 0.15) is 97.6 Å². The van der Waals surface area contributed by atoms with E-state index in [-0.39, 0.29) is 98.2 Å². The van der Waals surface area contributed by atoms with E-state index < -0.39 is 84.6 Å². The number of thioether (sulfide) groups is 1. The summed E-state index contributed by atoms with van der Waals surface area (Å²) in [5.41, 5.74) is 4.13. The van der Waals surface area contributed by atoms with Crippen molar-refractivity contribution in [2.75, 3.05) is 37.8 Å². The second kappa shape index (κ2) is 30.1. The van der Waals surface area contributed by atoms with Crippen molar-refractivity contribution in [3.63, 3.8) is 0 Å². The molecule has 8 unspecified atom stereocenters. The van der Waals surface area contributed by atoms with E-state index in [2.05, 4.69) is 50.4 Å². The maximum Gasteiger partial charge on any atom is 1.00 e. The summed E-state index contributed by atoms with van der Waals surface area (Å²) in [6, 6.07) is 0. The van der Waals surface area contributed by atoms with E-state index in [9.17, 15) is 57.9 Å². The summed E-state index contributed by atoms with van der Waals surface area (Å²) in [5.74, 6) is -1.11. The van der Waals surface area contributed by atoms with Gasteiger partial charge in [-0.25, -0.2) is 19.3 Å². The van der Waals surface area contributed by atoms with Gasteiger partial charge >= 0.3 is 56.6 Å². The van der Waals surface area contributed by atoms with Crippen LogP contribution >= 0.6 is 35.2 Å². The average molecular weight is 968 g/mol. The summed E-state index contributed by atoms with van der Waals surface area (Å²) < 4.78 is 61.0. The van der Waals surface area contributed by atoms with Gasteiger partial charge < -0.3 is 64.5 Å². The summed E-state index contributed by atoms with van der Waals surface area (Å²) in [7, 11) is -17.3. The summed E-state index contributed by atoms with van der Waals surface area (Å²) in [4.78, 5) is 94.5. The fraction of sp³-hybridized carbons (Fsp3) is 0.758. The van der Waals surface area contributed by atoms with Crippen molar-refractivity contribution < 1.29 is 137 Å². The number of phosphoric ester groups is 3. The molecule has 2 aromatic rings. The van der Waals surface area contributed by atoms with Crippen molar-refractivity contribution >= 4 is 69.1 Å². The Hall–Kier alpha value is -0.648. The monoisotopic (exact) mass is 967 g/mol. The van der Waals surface area contributed by atoms with Gasteiger partial charge in [-0.15, -0.1) is 0 Å². The van der Waals surface area contributed by atoms with Gasteiger partial charge in [0.15, 0.2) is 22.8 Å². The first kappa shape index (κ1) is 63.4. The molecule has 64 heavy (non-hydrogen) atoms. The normalized spacial score (nSPS) is 20.6. The number of imidazole rings is 1. The van der Waals surface area contributed by atoms with Crippen molar-refractivity contribution in [2.24, 2.45) is 5.41 Å². The van der Waals surface area contributed by atoms with Crippen LogP contribution in [-0.4, -0.2) is 108 Å². The molecule has 0 bridgehead atoms. The molecule has 1 aliphatic rings. The summed E-state index contributed by atoms with van der Waals surface area (Å²) in [6.45, 7) is 2.41. The van der Waals surface area contributed by atoms with Gasteiger partial charge in [-0.05, 0) is 6.42 Å². The minimum absolute atomic E-state index is 0. The molecule has 0 radical (unpaired) electrons. The zero-order chi connectivity index (χ0) is 45.4. The molecule has 2 amide bonds. The molecular weight excluding hydrogens is 912 g/mol. The topological polar surface area (TPSA) is 372 Å². The Morgan fingerprint density at radius 2 is 1.55 bits per heavy atom. The maximum atomic E-state index is 12.6. The number of aromatic nitrogens is 4. The van der Waals surface area contributed by atoms with Crippen molar-refractivity contribution in [3.05, 3.63) is 12.7 Å². The Morgan fingerprint density at radius 1 is 0.938 bits per heavy atom. The number of phosphoric acid groups is 3. The fourth-order valence-corrected chi connectivity index (χ4v) is 9.39. The third kappa shape index (κ3) is 22.2. The molecule has 0 spiro atoms. The number of fused-ring (bicyclic) bond motifs is 1. The first-order valence-corrected chi connectivity index (χ1v) is 25.0. The van der Waals surface area contributed by atoms with Crippen LogP contribution in [0.3, 0.4) is 0 Å². The Bertz CT molecular complexity index is 1910. The van der Waals surface area contributed by atoms with Gasteiger partial charge in [-0.3, -0.25) is 32.6 Å². The molecule has 7 N–H and O–H groups in total. The molecule has 8 atom stereocenters. The average Bonchev–Trinajstić information content (AvgIpc) is 3.73. The van der Waals surface area contributed by atoms with E-state index >= 15 is 0 Å². The molecule has 31 heteroatoms. The largest absolute Gasteiger partial charge is 1.00 e. The molecule has 1 aliphatic heterocycles. The number of nitrogens with two attached hydrogens (primary N) is 1. The van der Waals surface area contributed by atoms with Gasteiger partial charge in [0.05, 0.1) is 19.5 Å². The predicted molar refractivity (Wildman–Crippen MR) is 212 cm³/mol. The minimum Gasteiger partial charge on any atom is -0.756 e. The number of aliphatic hydroxyl groups is 2. The van der Waals surface area contributed by atoms with E-state index in [1.165, 1.54) is 52.4 Å². The first-order chi connectivity index (χ1) is 28.6. The van der Waals surface area contributed by atoms with Gasteiger partial charge in [0.25, 0.3) is 23.5 Å². The summed E-state index contributed by atoms with van der Waals surface area (Å²) >= 11 is 1.14. The molecular formula is C33H55Li3N7O17P3S. The van der Waals surface area contributed by atoms with Crippen LogP contribution in [0.2, 0.25) is 0 Å². The van der Waals surface area contributed by atoms with E-state index in [0.29, 0.717) is 12.2 Å². The van der Waals surface area contributed by atoms with Crippen molar-refractivity contribution in [1.29, 1.82) is 0 Å². The SMILES string of the molecule is CCCCCCCCCCCC(=O)SCCNC(=O)CCNC(=O)C(O)C(C)(C)COP(=O)([O-])OP(=O)([O-])OCC1OC(n2cnc3c(N)ncnc32)C(O)C1OP(=O)([O-])O.[Li+].[Li+].[Li+]. The molecule has 348 valence electrons. The number of nitrogen functional groups attached to an aromatic ring is 1. The number of hydrogen-bond donors (Lipinski definition) is 6. The Balaban J connectivity index is 0.0000132. The molecule has 0 aliphatic carbocycles. The standard InChI is InChI=1S/C33H58N7O17P3S.3Li/c1-4-5-6-7-8-9-10-11-12-13-24(42)61-17-16-35-23(41)14-15-36-31(45)28(44)33(2,3)19-54-60(51,52)57-59(49,50)53-18-22-27(56-58(46,47)48)26(43)32(55-22)40-21-39-25-29(34)37-20-38-30(25)40;;;/h20-22,26-28,32,43-44H,4-19H2,1-3H3,(H,35,41)(H,36,45)(H,49,50)(H,51,52)(H2,34,37,38)(H2,46,47,48);;;/q;3*+1/p-3. The van der Waals surface area contributed by atoms with Gasteiger partial charge in [-0.1, -0.05) is 83.9 Å². The van der Waals surface area contributed by atoms with E-state index in [1.54, 1.807) is 0 Å². The number of nitrogens with one attached hydrogen (secondary N) is 2. The smallest absolute Gasteiger partial charge is 0.756 e. The molecule has 0 aromatic carbocycles. The second-order valence-electron chi connectivity index (χ2n) is 14.8. The quantitative estimate of drug-likeness (QED) is 0.0250. The number of rotatable bonds is 29. The van der Waals surface area contributed by atoms with Crippen LogP contribution in [0.4, 0.5) is 5.82 Å². The summed E-state index contributed by atoms with van der Waals surface area (Å²) in [5, 5.41) is 26.4. The summed E-state index contributed by atoms with van der Waals surface area (Å²) in [6.07, 6.45) is 3.50. The minimum atomic E-state index is -5.90. The second-order valence-corrected chi connectivity index (χ2v) is 20.1. The zero-order valence-electron chi connectivity index (χ0n) is 37.0. The Morgan fingerprint density at radius 3 is 2.17 bits per heavy atom. The van der Waals surface area contributed by atoms with Gasteiger partial charge in [0.2, 0.25) is 11.8 Å². The van der Waals surface area contributed by atoms with Crippen LogP contribution in [0.5, 0.6) is 0 Å². The third-order valence-electron chi connectivity index (χ3n) is 9.23. The number of aliphatic hydroxyl groups excluding tert-OH is 2. The maximum absolute atomic E-state index is 12.6. The third-order valence-corrected chi connectivity index (χ3v) is 13.2. The Labute approximate surface area is 411 Å². The number of hydrogen-bond acceptors (Lipinski definition) is 21. The fourth-order valence-electron chi connectivity index (χ4n) is 5.93. The van der Waals surface area contributed by atoms with Crippen molar-refractivity contribution in [2.45, 2.75) is 122 Å². The number of carbonyl (C=O) groups excluding carboxylic acids is 3. The molecule has 0 saturated carbocycles. The van der Waals surface area contributed by atoms with Gasteiger partial charge in [0.1, 0.15) is 36.3 Å². The van der Waals surface area contributed by atoms with Gasteiger partial charge in [-0.2, -0.15) is 0 Å². The van der Waals surface area contributed by atoms with E-state index in [4.69, 9.17) is 10.5 Å². The zero-order valence-corrected chi connectivity index (χ0v) is 40.5. The van der Waals surface area contributed by atoms with E-state index in [0.717, 1.165) is 48.2 Å². The molecule has 1 fully saturated rings. The van der Waals surface area contributed by atoms with Gasteiger partial charge in [0, 0.05) is 37.1 Å². The Kier molecular flexibility index (Phi) is 29.8. The van der Waals surface area contributed by atoms with Crippen molar-refractivity contribution in [1.82, 2.24) is 30.2 Å². The van der Waals surface area contributed by atoms with Crippen molar-refractivity contribution in [3.8, 4) is 0 Å². The van der Waals surface area contributed by atoms with Crippen LogP contribution in [0.25, 0.3) is 11.2 Å². The molecule has 24 nitrogen and oxygen atoms in total. The number of ether oxygens (including phenoxy) is 1. The molecule has 3 heterocycles. The number of nitrogens with zero attached hydrogens (tertiary/aromatic N) is 4. The number of unbranched alkanes of at least 4 members (excludes halogenated alkanes) is 8. The molecule has 2 aromatic heterocycles. The van der Waals surface area contributed by atoms with Crippen LogP contribution in [0, 0.1) is 5.41 Å².